The first kappa shape index (κ1) is 14.2. The third-order valence-electron chi connectivity index (χ3n) is 1.98. The minimum atomic E-state index is -4.59. The van der Waals surface area contributed by atoms with Crippen LogP contribution < -0.4 is 0 Å². The number of halogens is 3. The van der Waals surface area contributed by atoms with Gasteiger partial charge in [0.15, 0.2) is 5.78 Å². The molecule has 0 aliphatic heterocycles. The highest BCUT2D eigenvalue weighted by Gasteiger charge is 2.31. The molecule has 18 heavy (non-hydrogen) atoms. The number of benzene rings is 1. The van der Waals surface area contributed by atoms with Gasteiger partial charge in [-0.1, -0.05) is 30.3 Å². The van der Waals surface area contributed by atoms with E-state index in [1.54, 1.807) is 30.3 Å². The van der Waals surface area contributed by atoms with E-state index in [1.807, 2.05) is 0 Å². The highest BCUT2D eigenvalue weighted by atomic mass is 19.4. The summed E-state index contributed by atoms with van der Waals surface area (Å²) in [6, 6.07) is 8.64. The molecule has 0 radical (unpaired) electrons. The number of esters is 1. The van der Waals surface area contributed by atoms with Gasteiger partial charge in [0.05, 0.1) is 0 Å². The zero-order valence-electron chi connectivity index (χ0n) is 9.37. The van der Waals surface area contributed by atoms with Crippen LogP contribution in [-0.4, -0.2) is 17.9 Å². The van der Waals surface area contributed by atoms with Gasteiger partial charge in [0, 0.05) is 0 Å². The second-order valence-corrected chi connectivity index (χ2v) is 3.65. The van der Waals surface area contributed by atoms with Crippen molar-refractivity contribution in [3.8, 4) is 0 Å². The molecule has 0 amide bonds. The molecule has 98 valence electrons. The summed E-state index contributed by atoms with van der Waals surface area (Å²) in [5, 5.41) is 0. The summed E-state index contributed by atoms with van der Waals surface area (Å²) in [7, 11) is 0. The Bertz CT molecular complexity index is 412. The van der Waals surface area contributed by atoms with Crippen molar-refractivity contribution in [2.24, 2.45) is 0 Å². The van der Waals surface area contributed by atoms with Crippen molar-refractivity contribution in [3.05, 3.63) is 35.9 Å². The van der Waals surface area contributed by atoms with E-state index in [2.05, 4.69) is 4.74 Å². The predicted molar refractivity (Wildman–Crippen MR) is 56.5 cm³/mol. The first-order valence-electron chi connectivity index (χ1n) is 5.15. The van der Waals surface area contributed by atoms with Gasteiger partial charge in [0.2, 0.25) is 0 Å². The monoisotopic (exact) mass is 260 g/mol. The summed E-state index contributed by atoms with van der Waals surface area (Å²) in [4.78, 5) is 22.0. The molecule has 0 spiro atoms. The average molecular weight is 260 g/mol. The number of carbonyl (C=O) groups is 2. The molecule has 0 aromatic heterocycles. The van der Waals surface area contributed by atoms with Crippen molar-refractivity contribution >= 4 is 11.8 Å². The van der Waals surface area contributed by atoms with Gasteiger partial charge in [0.1, 0.15) is 19.4 Å². The van der Waals surface area contributed by atoms with Gasteiger partial charge in [-0.05, 0) is 5.56 Å². The molecule has 0 saturated heterocycles. The van der Waals surface area contributed by atoms with Crippen LogP contribution in [0.2, 0.25) is 0 Å². The van der Waals surface area contributed by atoms with Gasteiger partial charge >= 0.3 is 12.1 Å². The van der Waals surface area contributed by atoms with Crippen LogP contribution >= 0.6 is 0 Å². The lowest BCUT2D eigenvalue weighted by Gasteiger charge is -2.06. The topological polar surface area (TPSA) is 43.4 Å². The van der Waals surface area contributed by atoms with Gasteiger partial charge in [-0.15, -0.1) is 0 Å². The van der Waals surface area contributed by atoms with Crippen molar-refractivity contribution < 1.29 is 27.5 Å². The molecular weight excluding hydrogens is 249 g/mol. The lowest BCUT2D eigenvalue weighted by molar-refractivity contribution is -0.157. The third kappa shape index (κ3) is 6.03. The van der Waals surface area contributed by atoms with Crippen LogP contribution in [0.3, 0.4) is 0 Å². The lowest BCUT2D eigenvalue weighted by Crippen LogP contribution is -2.18. The minimum absolute atomic E-state index is 0.0566. The zero-order valence-corrected chi connectivity index (χ0v) is 9.37. The zero-order chi connectivity index (χ0) is 13.6. The molecule has 0 aliphatic carbocycles. The highest BCUT2D eigenvalue weighted by molar-refractivity contribution is 5.95. The SMILES string of the molecule is O=C(CC(=O)OCc1ccccc1)CC(F)(F)F. The van der Waals surface area contributed by atoms with E-state index >= 15 is 0 Å². The molecule has 0 fully saturated rings. The Hall–Kier alpha value is -1.85. The Morgan fingerprint density at radius 3 is 2.28 bits per heavy atom. The summed E-state index contributed by atoms with van der Waals surface area (Å²) in [6.45, 7) is -0.0566. The van der Waals surface area contributed by atoms with Crippen molar-refractivity contribution in [2.45, 2.75) is 25.6 Å². The molecule has 1 aromatic carbocycles. The summed E-state index contributed by atoms with van der Waals surface area (Å²) in [5.41, 5.74) is 0.703. The summed E-state index contributed by atoms with van der Waals surface area (Å²) in [6.07, 6.45) is -7.05. The number of alkyl halides is 3. The molecule has 0 aliphatic rings. The molecule has 1 aromatic rings. The first-order chi connectivity index (χ1) is 8.37. The van der Waals surface area contributed by atoms with Gasteiger partial charge in [-0.2, -0.15) is 13.2 Å². The van der Waals surface area contributed by atoms with Crippen LogP contribution in [-0.2, 0) is 20.9 Å². The Labute approximate surface area is 102 Å². The van der Waals surface area contributed by atoms with E-state index in [0.29, 0.717) is 5.56 Å². The van der Waals surface area contributed by atoms with Crippen LogP contribution in [0.5, 0.6) is 0 Å². The molecule has 0 heterocycles. The van der Waals surface area contributed by atoms with Gasteiger partial charge in [0.25, 0.3) is 0 Å². The van der Waals surface area contributed by atoms with Crippen molar-refractivity contribution in [1.82, 2.24) is 0 Å². The van der Waals surface area contributed by atoms with Gasteiger partial charge < -0.3 is 4.74 Å². The first-order valence-corrected chi connectivity index (χ1v) is 5.15. The number of hydrogen-bond acceptors (Lipinski definition) is 3. The summed E-state index contributed by atoms with van der Waals surface area (Å²) < 4.78 is 40.2. The van der Waals surface area contributed by atoms with Gasteiger partial charge in [-0.3, -0.25) is 9.59 Å². The van der Waals surface area contributed by atoms with Crippen molar-refractivity contribution in [2.75, 3.05) is 0 Å². The number of hydrogen-bond donors (Lipinski definition) is 0. The fourth-order valence-corrected chi connectivity index (χ4v) is 1.24. The molecule has 0 atom stereocenters. The van der Waals surface area contributed by atoms with Crippen molar-refractivity contribution in [3.63, 3.8) is 0 Å². The predicted octanol–water partition coefficient (Wildman–Crippen LogP) is 2.64. The lowest BCUT2D eigenvalue weighted by atomic mass is 10.2. The Kier molecular flexibility index (Phi) is 4.88. The molecule has 1 rings (SSSR count). The second-order valence-electron chi connectivity index (χ2n) is 3.65. The molecular formula is C12H11F3O3. The summed E-state index contributed by atoms with van der Waals surface area (Å²) in [5.74, 6) is -2.14. The number of carbonyl (C=O) groups excluding carboxylic acids is 2. The largest absolute Gasteiger partial charge is 0.460 e. The van der Waals surface area contributed by atoms with Crippen LogP contribution in [0.15, 0.2) is 30.3 Å². The van der Waals surface area contributed by atoms with Crippen LogP contribution in [0.4, 0.5) is 13.2 Å². The number of Topliss-reactive ketones (excluding diaryl/α,β-unsaturated/α-hetero) is 1. The highest BCUT2D eigenvalue weighted by Crippen LogP contribution is 2.20. The maximum Gasteiger partial charge on any atom is 0.395 e. The smallest absolute Gasteiger partial charge is 0.395 e. The average Bonchev–Trinajstić information content (AvgIpc) is 2.25. The molecule has 0 unspecified atom stereocenters. The van der Waals surface area contributed by atoms with Crippen molar-refractivity contribution in [1.29, 1.82) is 0 Å². The third-order valence-corrected chi connectivity index (χ3v) is 1.98. The number of ether oxygens (including phenoxy) is 1. The number of rotatable bonds is 5. The molecule has 0 bridgehead atoms. The Morgan fingerprint density at radius 1 is 1.11 bits per heavy atom. The summed E-state index contributed by atoms with van der Waals surface area (Å²) >= 11 is 0. The normalized spacial score (nSPS) is 11.1. The van der Waals surface area contributed by atoms with E-state index in [-0.39, 0.29) is 6.61 Å². The molecule has 0 N–H and O–H groups in total. The number of ketones is 1. The van der Waals surface area contributed by atoms with E-state index < -0.39 is 30.8 Å². The Morgan fingerprint density at radius 2 is 1.72 bits per heavy atom. The minimum Gasteiger partial charge on any atom is -0.460 e. The standard InChI is InChI=1S/C12H11F3O3/c13-12(14,15)7-10(16)6-11(17)18-8-9-4-2-1-3-5-9/h1-5H,6-8H2. The quantitative estimate of drug-likeness (QED) is 0.603. The molecule has 3 nitrogen and oxygen atoms in total. The molecule has 6 heteroatoms. The van der Waals surface area contributed by atoms with Crippen LogP contribution in [0.1, 0.15) is 18.4 Å². The maximum absolute atomic E-state index is 11.8. The van der Waals surface area contributed by atoms with E-state index in [9.17, 15) is 22.8 Å². The molecule has 0 saturated carbocycles. The van der Waals surface area contributed by atoms with E-state index in [1.165, 1.54) is 0 Å². The van der Waals surface area contributed by atoms with Crippen LogP contribution in [0.25, 0.3) is 0 Å². The fourth-order valence-electron chi connectivity index (χ4n) is 1.24. The maximum atomic E-state index is 11.8. The van der Waals surface area contributed by atoms with E-state index in [4.69, 9.17) is 0 Å². The van der Waals surface area contributed by atoms with E-state index in [0.717, 1.165) is 0 Å². The Balaban J connectivity index is 2.32. The second kappa shape index (κ2) is 6.18. The van der Waals surface area contributed by atoms with Gasteiger partial charge in [-0.25, -0.2) is 0 Å². The van der Waals surface area contributed by atoms with Crippen LogP contribution in [0, 0.1) is 0 Å². The fraction of sp³-hybridized carbons (Fsp3) is 0.333.